The van der Waals surface area contributed by atoms with Crippen LogP contribution in [0, 0.1) is 5.92 Å². The van der Waals surface area contributed by atoms with Crippen molar-refractivity contribution in [2.24, 2.45) is 16.6 Å². The fraction of sp³-hybridized carbons (Fsp3) is 0.667. The summed E-state index contributed by atoms with van der Waals surface area (Å²) in [4.78, 5) is 11.3. The predicted molar refractivity (Wildman–Crippen MR) is 96.5 cm³/mol. The normalized spacial score (nSPS) is 17.3. The number of guanidine groups is 1. The van der Waals surface area contributed by atoms with E-state index in [2.05, 4.69) is 27.1 Å². The molecule has 1 saturated heterocycles. The summed E-state index contributed by atoms with van der Waals surface area (Å²) in [5, 5.41) is 3.15. The molecule has 1 aliphatic rings. The van der Waals surface area contributed by atoms with E-state index in [1.165, 1.54) is 38.9 Å². The quantitative estimate of drug-likeness (QED) is 0.437. The van der Waals surface area contributed by atoms with Crippen LogP contribution in [0.3, 0.4) is 0 Å². The summed E-state index contributed by atoms with van der Waals surface area (Å²) >= 11 is 0. The monoisotopic (exact) mass is 317 g/mol. The van der Waals surface area contributed by atoms with Crippen molar-refractivity contribution in [3.8, 4) is 0 Å². The van der Waals surface area contributed by atoms with Crippen LogP contribution < -0.4 is 11.1 Å². The predicted octanol–water partition coefficient (Wildman–Crippen LogP) is 2.04. The van der Waals surface area contributed by atoms with Gasteiger partial charge in [-0.1, -0.05) is 13.0 Å². The zero-order valence-corrected chi connectivity index (χ0v) is 14.4. The lowest BCUT2D eigenvalue weighted by Crippen LogP contribution is -2.34. The van der Waals surface area contributed by atoms with Gasteiger partial charge in [0.2, 0.25) is 0 Å². The molecule has 0 aromatic carbocycles. The summed E-state index contributed by atoms with van der Waals surface area (Å²) in [5.41, 5.74) is 6.96. The summed E-state index contributed by atoms with van der Waals surface area (Å²) in [5.74, 6) is 1.46. The Kier molecular flexibility index (Phi) is 7.87. The highest BCUT2D eigenvalue weighted by molar-refractivity contribution is 5.77. The first-order chi connectivity index (χ1) is 11.2. The molecule has 128 valence electrons. The molecule has 0 bridgehead atoms. The van der Waals surface area contributed by atoms with Crippen molar-refractivity contribution in [2.45, 2.75) is 39.0 Å². The summed E-state index contributed by atoms with van der Waals surface area (Å²) in [7, 11) is 0. The van der Waals surface area contributed by atoms with E-state index in [0.717, 1.165) is 37.5 Å². The molecule has 0 spiro atoms. The highest BCUT2D eigenvalue weighted by atomic mass is 15.1. The first kappa shape index (κ1) is 17.7. The number of nitrogens with zero attached hydrogens (tertiary/aromatic N) is 3. The van der Waals surface area contributed by atoms with Gasteiger partial charge in [-0.2, -0.15) is 0 Å². The largest absolute Gasteiger partial charge is 0.370 e. The number of unbranched alkanes of at least 4 members (excludes halogenated alkanes) is 1. The number of nitrogens with two attached hydrogens (primary N) is 1. The van der Waals surface area contributed by atoms with Crippen LogP contribution in [0.2, 0.25) is 0 Å². The van der Waals surface area contributed by atoms with Gasteiger partial charge in [0.15, 0.2) is 5.96 Å². The van der Waals surface area contributed by atoms with Crippen LogP contribution in [-0.2, 0) is 6.42 Å². The smallest absolute Gasteiger partial charge is 0.188 e. The van der Waals surface area contributed by atoms with Gasteiger partial charge < -0.3 is 16.0 Å². The summed E-state index contributed by atoms with van der Waals surface area (Å²) in [6.07, 6.45) is 7.70. The molecule has 1 aromatic heterocycles. The fourth-order valence-corrected chi connectivity index (χ4v) is 2.85. The van der Waals surface area contributed by atoms with Gasteiger partial charge in [0, 0.05) is 31.4 Å². The van der Waals surface area contributed by atoms with Crippen LogP contribution >= 0.6 is 0 Å². The molecule has 23 heavy (non-hydrogen) atoms. The molecule has 0 amide bonds. The standard InChI is InChI=1S/C18H31N5/c1-16-8-14-23(15-9-16)13-5-4-11-21-18(19)22-12-7-17-6-2-3-10-20-17/h2-3,6,10,16H,4-5,7-9,11-15H2,1H3,(H3,19,21,22). The topological polar surface area (TPSA) is 66.5 Å². The lowest BCUT2D eigenvalue weighted by Gasteiger charge is -2.30. The first-order valence-electron chi connectivity index (χ1n) is 8.90. The van der Waals surface area contributed by atoms with Crippen LogP contribution in [0.25, 0.3) is 0 Å². The van der Waals surface area contributed by atoms with Gasteiger partial charge in [0.05, 0.1) is 0 Å². The van der Waals surface area contributed by atoms with E-state index in [0.29, 0.717) is 5.96 Å². The van der Waals surface area contributed by atoms with Gasteiger partial charge in [-0.05, 0) is 63.4 Å². The van der Waals surface area contributed by atoms with Crippen LogP contribution in [0.4, 0.5) is 0 Å². The van der Waals surface area contributed by atoms with Crippen LogP contribution in [-0.4, -0.2) is 48.6 Å². The third-order valence-corrected chi connectivity index (χ3v) is 4.45. The average Bonchev–Trinajstić information content (AvgIpc) is 2.57. The molecule has 1 fully saturated rings. The molecular weight excluding hydrogens is 286 g/mol. The van der Waals surface area contributed by atoms with Crippen molar-refractivity contribution in [3.63, 3.8) is 0 Å². The molecule has 2 heterocycles. The van der Waals surface area contributed by atoms with E-state index in [1.807, 2.05) is 24.4 Å². The van der Waals surface area contributed by atoms with Crippen molar-refractivity contribution in [1.82, 2.24) is 15.2 Å². The van der Waals surface area contributed by atoms with E-state index >= 15 is 0 Å². The van der Waals surface area contributed by atoms with Crippen LogP contribution in [0.1, 0.15) is 38.3 Å². The second kappa shape index (κ2) is 10.2. The Morgan fingerprint density at radius 3 is 2.91 bits per heavy atom. The Balaban J connectivity index is 1.49. The van der Waals surface area contributed by atoms with E-state index in [9.17, 15) is 0 Å². The van der Waals surface area contributed by atoms with Crippen molar-refractivity contribution in [2.75, 3.05) is 32.7 Å². The van der Waals surface area contributed by atoms with Crippen molar-refractivity contribution >= 4 is 5.96 Å². The molecule has 2 rings (SSSR count). The van der Waals surface area contributed by atoms with E-state index < -0.39 is 0 Å². The average molecular weight is 317 g/mol. The number of hydrogen-bond donors (Lipinski definition) is 2. The Morgan fingerprint density at radius 1 is 1.35 bits per heavy atom. The van der Waals surface area contributed by atoms with Crippen LogP contribution in [0.5, 0.6) is 0 Å². The number of nitrogens with one attached hydrogen (secondary N) is 1. The van der Waals surface area contributed by atoms with Gasteiger partial charge in [0.25, 0.3) is 0 Å². The minimum Gasteiger partial charge on any atom is -0.370 e. The Hall–Kier alpha value is -1.62. The third kappa shape index (κ3) is 7.46. The lowest BCUT2D eigenvalue weighted by molar-refractivity contribution is 0.190. The first-order valence-corrected chi connectivity index (χ1v) is 8.90. The second-order valence-corrected chi connectivity index (χ2v) is 6.50. The molecule has 1 aliphatic heterocycles. The molecule has 0 unspecified atom stereocenters. The molecule has 0 aliphatic carbocycles. The molecule has 0 atom stereocenters. The molecular formula is C18H31N5. The summed E-state index contributed by atoms with van der Waals surface area (Å²) in [6, 6.07) is 5.95. The van der Waals surface area contributed by atoms with E-state index in [4.69, 9.17) is 5.73 Å². The number of piperidine rings is 1. The number of hydrogen-bond acceptors (Lipinski definition) is 3. The van der Waals surface area contributed by atoms with Crippen molar-refractivity contribution in [3.05, 3.63) is 30.1 Å². The highest BCUT2D eigenvalue weighted by Gasteiger charge is 2.14. The SMILES string of the molecule is CC1CCN(CCCCN=C(N)NCCc2ccccn2)CC1. The fourth-order valence-electron chi connectivity index (χ4n) is 2.85. The number of rotatable bonds is 8. The van der Waals surface area contributed by atoms with E-state index in [-0.39, 0.29) is 0 Å². The van der Waals surface area contributed by atoms with Gasteiger partial charge in [0.1, 0.15) is 0 Å². The maximum atomic E-state index is 5.89. The van der Waals surface area contributed by atoms with Crippen molar-refractivity contribution in [1.29, 1.82) is 0 Å². The van der Waals surface area contributed by atoms with Crippen molar-refractivity contribution < 1.29 is 0 Å². The Bertz CT molecular complexity index is 452. The zero-order valence-electron chi connectivity index (χ0n) is 14.4. The number of likely N-dealkylation sites (tertiary alicyclic amines) is 1. The maximum absolute atomic E-state index is 5.89. The Labute approximate surface area is 140 Å². The third-order valence-electron chi connectivity index (χ3n) is 4.45. The van der Waals surface area contributed by atoms with Gasteiger partial charge in [-0.25, -0.2) is 0 Å². The summed E-state index contributed by atoms with van der Waals surface area (Å²) in [6.45, 7) is 7.68. The Morgan fingerprint density at radius 2 is 2.17 bits per heavy atom. The van der Waals surface area contributed by atoms with Gasteiger partial charge in [-0.3, -0.25) is 9.98 Å². The summed E-state index contributed by atoms with van der Waals surface area (Å²) < 4.78 is 0. The molecule has 5 nitrogen and oxygen atoms in total. The minimum absolute atomic E-state index is 0.549. The molecule has 0 radical (unpaired) electrons. The number of aromatic nitrogens is 1. The van der Waals surface area contributed by atoms with Gasteiger partial charge >= 0.3 is 0 Å². The molecule has 5 heteroatoms. The second-order valence-electron chi connectivity index (χ2n) is 6.50. The van der Waals surface area contributed by atoms with Crippen LogP contribution in [0.15, 0.2) is 29.4 Å². The highest BCUT2D eigenvalue weighted by Crippen LogP contribution is 2.16. The van der Waals surface area contributed by atoms with E-state index in [1.54, 1.807) is 0 Å². The molecule has 1 aromatic rings. The molecule has 0 saturated carbocycles. The number of aliphatic imine (C=N–C) groups is 1. The lowest BCUT2D eigenvalue weighted by atomic mass is 9.99. The zero-order chi connectivity index (χ0) is 16.3. The molecule has 3 N–H and O–H groups in total. The maximum Gasteiger partial charge on any atom is 0.188 e. The minimum atomic E-state index is 0.549. The number of pyridine rings is 1. The van der Waals surface area contributed by atoms with Gasteiger partial charge in [-0.15, -0.1) is 0 Å².